The Morgan fingerprint density at radius 1 is 1.00 bits per heavy atom. The SMILES string of the molecule is CC1(C)C(C#N)CN1C(c1ccccc1)c1ccccc1. The molecule has 0 amide bonds. The first-order chi connectivity index (χ1) is 10.1. The van der Waals surface area contributed by atoms with Gasteiger partial charge in [-0.05, 0) is 25.0 Å². The number of nitrogens with zero attached hydrogens (tertiary/aromatic N) is 2. The van der Waals surface area contributed by atoms with Crippen molar-refractivity contribution in [2.75, 3.05) is 6.54 Å². The Hall–Kier alpha value is -2.11. The summed E-state index contributed by atoms with van der Waals surface area (Å²) in [7, 11) is 0. The van der Waals surface area contributed by atoms with Crippen LogP contribution >= 0.6 is 0 Å². The Morgan fingerprint density at radius 3 is 1.86 bits per heavy atom. The highest BCUT2D eigenvalue weighted by atomic mass is 15.3. The summed E-state index contributed by atoms with van der Waals surface area (Å²) in [4.78, 5) is 2.44. The van der Waals surface area contributed by atoms with E-state index in [9.17, 15) is 5.26 Å². The van der Waals surface area contributed by atoms with E-state index in [2.05, 4.69) is 73.3 Å². The molecule has 1 atom stereocenters. The van der Waals surface area contributed by atoms with Gasteiger partial charge in [0.15, 0.2) is 0 Å². The molecule has 1 aliphatic rings. The van der Waals surface area contributed by atoms with E-state index in [1.807, 2.05) is 12.1 Å². The number of benzene rings is 2. The summed E-state index contributed by atoms with van der Waals surface area (Å²) in [6.07, 6.45) is 0. The van der Waals surface area contributed by atoms with Gasteiger partial charge < -0.3 is 0 Å². The highest BCUT2D eigenvalue weighted by molar-refractivity contribution is 5.34. The first-order valence-electron chi connectivity index (χ1n) is 7.41. The van der Waals surface area contributed by atoms with Gasteiger partial charge in [0.05, 0.1) is 18.0 Å². The van der Waals surface area contributed by atoms with Gasteiger partial charge in [-0.25, -0.2) is 0 Å². The van der Waals surface area contributed by atoms with Crippen LogP contribution in [0.1, 0.15) is 31.0 Å². The number of hydrogen-bond donors (Lipinski definition) is 0. The van der Waals surface area contributed by atoms with Gasteiger partial charge in [-0.2, -0.15) is 5.26 Å². The van der Waals surface area contributed by atoms with Crippen LogP contribution in [0.15, 0.2) is 60.7 Å². The molecule has 1 unspecified atom stereocenters. The first-order valence-corrected chi connectivity index (χ1v) is 7.41. The van der Waals surface area contributed by atoms with Crippen LogP contribution in [-0.4, -0.2) is 17.0 Å². The molecule has 1 saturated heterocycles. The fourth-order valence-corrected chi connectivity index (χ4v) is 3.20. The third kappa shape index (κ3) is 2.34. The van der Waals surface area contributed by atoms with Crippen molar-refractivity contribution in [3.8, 4) is 6.07 Å². The van der Waals surface area contributed by atoms with Gasteiger partial charge >= 0.3 is 0 Å². The van der Waals surface area contributed by atoms with Crippen LogP contribution in [-0.2, 0) is 0 Å². The van der Waals surface area contributed by atoms with Crippen molar-refractivity contribution in [1.29, 1.82) is 5.26 Å². The van der Waals surface area contributed by atoms with Crippen molar-refractivity contribution < 1.29 is 0 Å². The third-order valence-corrected chi connectivity index (χ3v) is 4.67. The Balaban J connectivity index is 2.01. The van der Waals surface area contributed by atoms with Crippen LogP contribution in [0.25, 0.3) is 0 Å². The topological polar surface area (TPSA) is 27.0 Å². The van der Waals surface area contributed by atoms with E-state index in [1.165, 1.54) is 11.1 Å². The molecule has 0 radical (unpaired) electrons. The van der Waals surface area contributed by atoms with Gasteiger partial charge in [0.25, 0.3) is 0 Å². The lowest BCUT2D eigenvalue weighted by Crippen LogP contribution is -2.64. The van der Waals surface area contributed by atoms with Crippen molar-refractivity contribution in [3.63, 3.8) is 0 Å². The molecule has 2 nitrogen and oxygen atoms in total. The molecular weight excluding hydrogens is 256 g/mol. The van der Waals surface area contributed by atoms with Gasteiger partial charge in [0.1, 0.15) is 0 Å². The predicted octanol–water partition coefficient (Wildman–Crippen LogP) is 4.01. The molecule has 1 aliphatic heterocycles. The van der Waals surface area contributed by atoms with Crippen LogP contribution < -0.4 is 0 Å². The summed E-state index contributed by atoms with van der Waals surface area (Å²) in [6, 6.07) is 23.8. The van der Waals surface area contributed by atoms with Gasteiger partial charge in [0, 0.05) is 12.1 Å². The van der Waals surface area contributed by atoms with Crippen LogP contribution in [0.2, 0.25) is 0 Å². The molecule has 106 valence electrons. The van der Waals surface area contributed by atoms with E-state index >= 15 is 0 Å². The summed E-state index contributed by atoms with van der Waals surface area (Å²) in [5, 5.41) is 9.29. The molecule has 2 heteroatoms. The largest absolute Gasteiger partial charge is 0.284 e. The number of nitriles is 1. The van der Waals surface area contributed by atoms with Crippen LogP contribution in [0, 0.1) is 17.2 Å². The van der Waals surface area contributed by atoms with Gasteiger partial charge in [-0.1, -0.05) is 60.7 Å². The average Bonchev–Trinajstić information content (AvgIpc) is 2.52. The zero-order valence-electron chi connectivity index (χ0n) is 12.5. The number of likely N-dealkylation sites (tertiary alicyclic amines) is 1. The molecule has 2 aromatic carbocycles. The normalized spacial score (nSPS) is 20.8. The molecule has 1 fully saturated rings. The third-order valence-electron chi connectivity index (χ3n) is 4.67. The lowest BCUT2D eigenvalue weighted by molar-refractivity contribution is -0.0521. The Morgan fingerprint density at radius 2 is 1.48 bits per heavy atom. The highest BCUT2D eigenvalue weighted by Crippen LogP contribution is 2.44. The van der Waals surface area contributed by atoms with Crippen molar-refractivity contribution in [2.24, 2.45) is 5.92 Å². The second-order valence-electron chi connectivity index (χ2n) is 6.21. The summed E-state index contributed by atoms with van der Waals surface area (Å²) >= 11 is 0. The molecule has 2 aromatic rings. The maximum atomic E-state index is 9.29. The monoisotopic (exact) mass is 276 g/mol. The summed E-state index contributed by atoms with van der Waals surface area (Å²) in [6.45, 7) is 5.17. The summed E-state index contributed by atoms with van der Waals surface area (Å²) in [5.41, 5.74) is 2.48. The fraction of sp³-hybridized carbons (Fsp3) is 0.316. The summed E-state index contributed by atoms with van der Waals surface area (Å²) < 4.78 is 0. The molecule has 0 aromatic heterocycles. The van der Waals surface area contributed by atoms with Gasteiger partial charge in [-0.3, -0.25) is 4.90 Å². The molecule has 0 spiro atoms. The predicted molar refractivity (Wildman–Crippen MR) is 84.6 cm³/mol. The minimum Gasteiger partial charge on any atom is -0.284 e. The van der Waals surface area contributed by atoms with E-state index < -0.39 is 0 Å². The van der Waals surface area contributed by atoms with Crippen molar-refractivity contribution in [3.05, 3.63) is 71.8 Å². The maximum absolute atomic E-state index is 9.29. The van der Waals surface area contributed by atoms with E-state index in [0.717, 1.165) is 6.54 Å². The maximum Gasteiger partial charge on any atom is 0.0769 e. The minimum atomic E-state index is -0.0922. The molecule has 0 aliphatic carbocycles. The van der Waals surface area contributed by atoms with Crippen LogP contribution in [0.4, 0.5) is 0 Å². The zero-order chi connectivity index (χ0) is 14.9. The quantitative estimate of drug-likeness (QED) is 0.847. The highest BCUT2D eigenvalue weighted by Gasteiger charge is 2.50. The van der Waals surface area contributed by atoms with E-state index in [-0.39, 0.29) is 17.5 Å². The minimum absolute atomic E-state index is 0.0922. The second-order valence-corrected chi connectivity index (χ2v) is 6.21. The fourth-order valence-electron chi connectivity index (χ4n) is 3.20. The van der Waals surface area contributed by atoms with Crippen molar-refractivity contribution in [1.82, 2.24) is 4.90 Å². The van der Waals surface area contributed by atoms with E-state index in [0.29, 0.717) is 0 Å². The van der Waals surface area contributed by atoms with E-state index in [4.69, 9.17) is 0 Å². The van der Waals surface area contributed by atoms with Crippen LogP contribution in [0.5, 0.6) is 0 Å². The first kappa shape index (κ1) is 13.9. The van der Waals surface area contributed by atoms with E-state index in [1.54, 1.807) is 0 Å². The average molecular weight is 276 g/mol. The van der Waals surface area contributed by atoms with Crippen molar-refractivity contribution >= 4 is 0 Å². The lowest BCUT2D eigenvalue weighted by Gasteiger charge is -2.56. The Labute approximate surface area is 126 Å². The molecule has 0 saturated carbocycles. The smallest absolute Gasteiger partial charge is 0.0769 e. The zero-order valence-corrected chi connectivity index (χ0v) is 12.5. The molecule has 21 heavy (non-hydrogen) atoms. The molecular formula is C19H20N2. The van der Waals surface area contributed by atoms with Crippen LogP contribution in [0.3, 0.4) is 0 Å². The van der Waals surface area contributed by atoms with Gasteiger partial charge in [0.2, 0.25) is 0 Å². The molecule has 1 heterocycles. The Kier molecular flexibility index (Phi) is 3.53. The second kappa shape index (κ2) is 5.35. The molecule has 3 rings (SSSR count). The number of hydrogen-bond acceptors (Lipinski definition) is 2. The van der Waals surface area contributed by atoms with Crippen molar-refractivity contribution in [2.45, 2.75) is 25.4 Å². The summed E-state index contributed by atoms with van der Waals surface area (Å²) in [5.74, 6) is 0.104. The molecule has 0 N–H and O–H groups in total. The lowest BCUT2D eigenvalue weighted by atomic mass is 9.74. The van der Waals surface area contributed by atoms with Gasteiger partial charge in [-0.15, -0.1) is 0 Å². The molecule has 0 bridgehead atoms. The number of rotatable bonds is 3. The standard InChI is InChI=1S/C19H20N2/c1-19(2)17(13-20)14-21(19)18(15-9-5-3-6-10-15)16-11-7-4-8-12-16/h3-12,17-18H,14H2,1-2H3. The Bertz CT molecular complexity index is 601.